The third-order valence-corrected chi connectivity index (χ3v) is 14.0. The zero-order chi connectivity index (χ0) is 44.1. The van der Waals surface area contributed by atoms with Crippen molar-refractivity contribution in [2.45, 2.75) is 38.5 Å². The maximum atomic E-state index is 2.49. The lowest BCUT2D eigenvalue weighted by molar-refractivity contribution is 0.614. The number of hydrogen-bond acceptors (Lipinski definition) is 1. The van der Waals surface area contributed by atoms with Crippen LogP contribution in [0.1, 0.15) is 54.2 Å². The Kier molecular flexibility index (Phi) is 9.93. The molecule has 0 atom stereocenters. The van der Waals surface area contributed by atoms with E-state index >= 15 is 0 Å². The standard InChI is InChI=1S/C64H51N/c1-44-25-27-49(28-26-44)57-39-40-58-59-42-50-33-38-56(41-51(50)43-60(59)63(2,3)61(58)62(57)64(4,52-21-13-7-14-22-52)53-23-15-8-16-24-53)65(54-34-29-47(30-35-54)45-17-9-5-10-18-45)55-36-31-48(32-37-55)46-19-11-6-12-20-46/h5-43H,1-4H3. The van der Waals surface area contributed by atoms with Gasteiger partial charge in [0.05, 0.1) is 0 Å². The molecule has 0 radical (unpaired) electrons. The van der Waals surface area contributed by atoms with Gasteiger partial charge in [-0.05, 0) is 145 Å². The molecule has 0 N–H and O–H groups in total. The number of benzene rings is 10. The molecule has 1 heteroatoms. The molecule has 0 unspecified atom stereocenters. The van der Waals surface area contributed by atoms with E-state index in [9.17, 15) is 0 Å². The SMILES string of the molecule is Cc1ccc(-c2ccc3c(c2C(C)(c2ccccc2)c2ccccc2)C(C)(C)c2cc4cc(N(c5ccc(-c6ccccc6)cc5)c5ccc(-c6ccccc6)cc5)ccc4cc2-3)cc1. The third-order valence-electron chi connectivity index (χ3n) is 14.0. The van der Waals surface area contributed by atoms with Crippen molar-refractivity contribution in [3.8, 4) is 44.5 Å². The van der Waals surface area contributed by atoms with Crippen molar-refractivity contribution in [1.29, 1.82) is 0 Å². The molecular formula is C64H51N. The summed E-state index contributed by atoms with van der Waals surface area (Å²) in [7, 11) is 0. The lowest BCUT2D eigenvalue weighted by atomic mass is 9.64. The van der Waals surface area contributed by atoms with Crippen LogP contribution in [0.5, 0.6) is 0 Å². The molecule has 1 aliphatic rings. The minimum Gasteiger partial charge on any atom is -0.310 e. The molecule has 1 aliphatic carbocycles. The van der Waals surface area contributed by atoms with E-state index in [1.165, 1.54) is 88.7 Å². The lowest BCUT2D eigenvalue weighted by Crippen LogP contribution is -2.31. The summed E-state index contributed by atoms with van der Waals surface area (Å²) < 4.78 is 0. The smallest absolute Gasteiger partial charge is 0.0468 e. The maximum Gasteiger partial charge on any atom is 0.0468 e. The Morgan fingerprint density at radius 2 is 0.815 bits per heavy atom. The molecule has 0 aliphatic heterocycles. The first kappa shape index (κ1) is 40.1. The van der Waals surface area contributed by atoms with Crippen LogP contribution in [0.4, 0.5) is 17.1 Å². The number of nitrogens with zero attached hydrogens (tertiary/aromatic N) is 1. The second-order valence-electron chi connectivity index (χ2n) is 18.3. The number of aryl methyl sites for hydroxylation is 1. The molecule has 0 bridgehead atoms. The highest BCUT2D eigenvalue weighted by atomic mass is 15.1. The monoisotopic (exact) mass is 833 g/mol. The Labute approximate surface area is 384 Å². The van der Waals surface area contributed by atoms with E-state index in [-0.39, 0.29) is 5.41 Å². The molecule has 0 saturated heterocycles. The molecule has 10 aromatic rings. The Morgan fingerprint density at radius 1 is 0.369 bits per heavy atom. The first-order valence-corrected chi connectivity index (χ1v) is 22.8. The summed E-state index contributed by atoms with van der Waals surface area (Å²) in [4.78, 5) is 2.40. The summed E-state index contributed by atoms with van der Waals surface area (Å²) in [5, 5.41) is 2.45. The maximum absolute atomic E-state index is 2.49. The highest BCUT2D eigenvalue weighted by Crippen LogP contribution is 2.57. The zero-order valence-corrected chi connectivity index (χ0v) is 37.5. The highest BCUT2D eigenvalue weighted by molar-refractivity contribution is 5.98. The van der Waals surface area contributed by atoms with Gasteiger partial charge in [0.15, 0.2) is 0 Å². The predicted molar refractivity (Wildman–Crippen MR) is 276 cm³/mol. The van der Waals surface area contributed by atoms with Crippen molar-refractivity contribution in [1.82, 2.24) is 0 Å². The summed E-state index contributed by atoms with van der Waals surface area (Å²) in [5.74, 6) is 0. The van der Waals surface area contributed by atoms with Crippen molar-refractivity contribution in [2.24, 2.45) is 0 Å². The molecule has 1 nitrogen and oxygen atoms in total. The molecule has 0 spiro atoms. The minimum absolute atomic E-state index is 0.310. The second kappa shape index (κ2) is 16.1. The summed E-state index contributed by atoms with van der Waals surface area (Å²) in [6.45, 7) is 9.51. The average molecular weight is 834 g/mol. The first-order valence-electron chi connectivity index (χ1n) is 22.8. The second-order valence-corrected chi connectivity index (χ2v) is 18.3. The van der Waals surface area contributed by atoms with Crippen molar-refractivity contribution in [3.05, 3.63) is 270 Å². The topological polar surface area (TPSA) is 3.24 Å². The Bertz CT molecular complexity index is 3170. The van der Waals surface area contributed by atoms with Gasteiger partial charge < -0.3 is 4.90 Å². The molecule has 0 amide bonds. The quantitative estimate of drug-likeness (QED) is 0.131. The van der Waals surface area contributed by atoms with Crippen LogP contribution in [0.25, 0.3) is 55.3 Å². The van der Waals surface area contributed by atoms with Gasteiger partial charge >= 0.3 is 0 Å². The van der Waals surface area contributed by atoms with Crippen molar-refractivity contribution in [3.63, 3.8) is 0 Å². The predicted octanol–water partition coefficient (Wildman–Crippen LogP) is 17.3. The van der Waals surface area contributed by atoms with E-state index in [1.807, 2.05) is 0 Å². The number of rotatable bonds is 9. The summed E-state index contributed by atoms with van der Waals surface area (Å²) in [5.41, 5.74) is 20.5. The van der Waals surface area contributed by atoms with Gasteiger partial charge in [0.2, 0.25) is 0 Å². The summed E-state index contributed by atoms with van der Waals surface area (Å²) >= 11 is 0. The van der Waals surface area contributed by atoms with E-state index < -0.39 is 5.41 Å². The van der Waals surface area contributed by atoms with E-state index in [0.717, 1.165) is 17.1 Å². The fourth-order valence-corrected chi connectivity index (χ4v) is 10.6. The molecule has 0 aromatic heterocycles. The summed E-state index contributed by atoms with van der Waals surface area (Å²) in [6.07, 6.45) is 0. The van der Waals surface area contributed by atoms with Crippen LogP contribution in [0.3, 0.4) is 0 Å². The molecule has 0 heterocycles. The van der Waals surface area contributed by atoms with Gasteiger partial charge in [0.25, 0.3) is 0 Å². The third kappa shape index (κ3) is 6.96. The van der Waals surface area contributed by atoms with Crippen LogP contribution in [0.2, 0.25) is 0 Å². The van der Waals surface area contributed by atoms with Gasteiger partial charge in [0, 0.05) is 27.9 Å². The van der Waals surface area contributed by atoms with Crippen LogP contribution in [-0.2, 0) is 10.8 Å². The van der Waals surface area contributed by atoms with E-state index in [1.54, 1.807) is 0 Å². The van der Waals surface area contributed by atoms with Gasteiger partial charge in [-0.2, -0.15) is 0 Å². The number of anilines is 3. The van der Waals surface area contributed by atoms with E-state index in [0.29, 0.717) is 0 Å². The highest BCUT2D eigenvalue weighted by Gasteiger charge is 2.45. The lowest BCUT2D eigenvalue weighted by Gasteiger charge is -2.38. The van der Waals surface area contributed by atoms with Crippen LogP contribution < -0.4 is 4.90 Å². The Morgan fingerprint density at radius 3 is 1.34 bits per heavy atom. The molecular weight excluding hydrogens is 783 g/mol. The van der Waals surface area contributed by atoms with Crippen molar-refractivity contribution < 1.29 is 0 Å². The summed E-state index contributed by atoms with van der Waals surface area (Å²) in [6, 6.07) is 87.3. The van der Waals surface area contributed by atoms with E-state index in [2.05, 4.69) is 269 Å². The zero-order valence-electron chi connectivity index (χ0n) is 37.5. The molecule has 312 valence electrons. The van der Waals surface area contributed by atoms with Gasteiger partial charge in [-0.1, -0.05) is 207 Å². The fraction of sp³-hybridized carbons (Fsp3) is 0.0938. The average Bonchev–Trinajstić information content (AvgIpc) is 3.59. The molecule has 10 aromatic carbocycles. The minimum atomic E-state index is -0.452. The Hall–Kier alpha value is -7.74. The van der Waals surface area contributed by atoms with Gasteiger partial charge in [-0.15, -0.1) is 0 Å². The van der Waals surface area contributed by atoms with Gasteiger partial charge in [-0.3, -0.25) is 0 Å². The first-order chi connectivity index (χ1) is 31.8. The van der Waals surface area contributed by atoms with Crippen LogP contribution in [0.15, 0.2) is 237 Å². The largest absolute Gasteiger partial charge is 0.310 e. The van der Waals surface area contributed by atoms with Crippen LogP contribution in [-0.4, -0.2) is 0 Å². The fourth-order valence-electron chi connectivity index (χ4n) is 10.6. The Balaban J connectivity index is 1.08. The molecule has 65 heavy (non-hydrogen) atoms. The van der Waals surface area contributed by atoms with Gasteiger partial charge in [0.1, 0.15) is 0 Å². The van der Waals surface area contributed by atoms with Crippen LogP contribution in [0, 0.1) is 6.92 Å². The molecule has 11 rings (SSSR count). The van der Waals surface area contributed by atoms with Crippen LogP contribution >= 0.6 is 0 Å². The molecule has 0 saturated carbocycles. The van der Waals surface area contributed by atoms with Crippen molar-refractivity contribution >= 4 is 27.8 Å². The van der Waals surface area contributed by atoms with Crippen molar-refractivity contribution in [2.75, 3.05) is 4.90 Å². The normalized spacial score (nSPS) is 12.7. The van der Waals surface area contributed by atoms with E-state index in [4.69, 9.17) is 0 Å². The molecule has 0 fully saturated rings. The number of fused-ring (bicyclic) bond motifs is 4. The number of hydrogen-bond donors (Lipinski definition) is 0. The van der Waals surface area contributed by atoms with Gasteiger partial charge in [-0.25, -0.2) is 0 Å².